The van der Waals surface area contributed by atoms with E-state index >= 15 is 0 Å². The quantitative estimate of drug-likeness (QED) is 0.196. The number of fused-ring (bicyclic) bond motifs is 1. The number of carbonyl (C=O) groups is 3. The van der Waals surface area contributed by atoms with Crippen molar-refractivity contribution < 1.29 is 28.6 Å². The van der Waals surface area contributed by atoms with Gasteiger partial charge >= 0.3 is 0 Å². The summed E-state index contributed by atoms with van der Waals surface area (Å²) >= 11 is 0. The minimum atomic E-state index is -0.601. The standard InChI is InChI=1S/C31H42N4O6/c1-22(32)23-7-5-8-26(20-23)41-17-4-2-3-14-39-15-6-16-40-18-13-33-25-9-10-27-24(19-25)21-35(31(27)38)28-11-12-29(36)34-30(28)37/h5,7-10,19-20,22,28,33H,2-4,6,11-18,21,32H2,1H3,(H,34,36,37)/t22-,28?/m1/s1. The Bertz CT molecular complexity index is 1190. The number of benzene rings is 2. The first-order chi connectivity index (χ1) is 19.9. The van der Waals surface area contributed by atoms with Gasteiger partial charge in [-0.05, 0) is 80.5 Å². The van der Waals surface area contributed by atoms with Crippen LogP contribution >= 0.6 is 0 Å². The number of imide groups is 1. The Labute approximate surface area is 241 Å². The van der Waals surface area contributed by atoms with Crippen LogP contribution in [0.1, 0.15) is 73.0 Å². The molecule has 10 nitrogen and oxygen atoms in total. The van der Waals surface area contributed by atoms with Crippen LogP contribution < -0.4 is 21.1 Å². The van der Waals surface area contributed by atoms with Crippen LogP contribution in [0.5, 0.6) is 5.75 Å². The summed E-state index contributed by atoms with van der Waals surface area (Å²) in [4.78, 5) is 38.0. The molecule has 1 unspecified atom stereocenters. The van der Waals surface area contributed by atoms with Crippen molar-refractivity contribution in [2.24, 2.45) is 5.73 Å². The van der Waals surface area contributed by atoms with E-state index in [1.165, 1.54) is 0 Å². The van der Waals surface area contributed by atoms with Crippen molar-refractivity contribution in [3.63, 3.8) is 0 Å². The van der Waals surface area contributed by atoms with Gasteiger partial charge in [-0.2, -0.15) is 0 Å². The molecule has 2 aromatic carbocycles. The number of amides is 3. The van der Waals surface area contributed by atoms with Crippen LogP contribution in [0.3, 0.4) is 0 Å². The van der Waals surface area contributed by atoms with E-state index in [2.05, 4.69) is 10.6 Å². The van der Waals surface area contributed by atoms with Crippen LogP contribution in [0, 0.1) is 0 Å². The van der Waals surface area contributed by atoms with Crippen molar-refractivity contribution >= 4 is 23.4 Å². The number of nitrogens with two attached hydrogens (primary N) is 1. The van der Waals surface area contributed by atoms with Crippen LogP contribution in [0.2, 0.25) is 0 Å². The third-order valence-electron chi connectivity index (χ3n) is 7.26. The van der Waals surface area contributed by atoms with E-state index in [1.54, 1.807) is 11.0 Å². The van der Waals surface area contributed by atoms with E-state index in [1.807, 2.05) is 43.3 Å². The van der Waals surface area contributed by atoms with Gasteiger partial charge in [0, 0.05) is 56.6 Å². The second-order valence-corrected chi connectivity index (χ2v) is 10.5. The first-order valence-electron chi connectivity index (χ1n) is 14.6. The van der Waals surface area contributed by atoms with Gasteiger partial charge in [0.05, 0.1) is 13.2 Å². The van der Waals surface area contributed by atoms with E-state index in [9.17, 15) is 14.4 Å². The van der Waals surface area contributed by atoms with Gasteiger partial charge in [0.25, 0.3) is 5.91 Å². The lowest BCUT2D eigenvalue weighted by molar-refractivity contribution is -0.136. The van der Waals surface area contributed by atoms with Crippen LogP contribution in [0.15, 0.2) is 42.5 Å². The molecule has 222 valence electrons. The maximum Gasteiger partial charge on any atom is 0.255 e. The topological polar surface area (TPSA) is 132 Å². The molecule has 0 radical (unpaired) electrons. The summed E-state index contributed by atoms with van der Waals surface area (Å²) in [6, 6.07) is 13.0. The summed E-state index contributed by atoms with van der Waals surface area (Å²) in [5, 5.41) is 5.65. The molecule has 2 atom stereocenters. The molecule has 4 N–H and O–H groups in total. The molecule has 2 aliphatic rings. The van der Waals surface area contributed by atoms with Crippen molar-refractivity contribution in [3.05, 3.63) is 59.2 Å². The Balaban J connectivity index is 0.995. The molecule has 2 aromatic rings. The molecule has 0 spiro atoms. The molecule has 2 aliphatic heterocycles. The average molecular weight is 567 g/mol. The van der Waals surface area contributed by atoms with Gasteiger partial charge in [0.1, 0.15) is 11.8 Å². The predicted molar refractivity (Wildman–Crippen MR) is 156 cm³/mol. The number of nitrogens with one attached hydrogen (secondary N) is 2. The van der Waals surface area contributed by atoms with E-state index < -0.39 is 11.9 Å². The number of anilines is 1. The second kappa shape index (κ2) is 15.5. The Morgan fingerprint density at radius 1 is 0.976 bits per heavy atom. The Morgan fingerprint density at radius 2 is 1.76 bits per heavy atom. The zero-order chi connectivity index (χ0) is 29.0. The normalized spacial score (nSPS) is 17.4. The molecule has 41 heavy (non-hydrogen) atoms. The van der Waals surface area contributed by atoms with Crippen molar-refractivity contribution in [1.82, 2.24) is 10.2 Å². The summed E-state index contributed by atoms with van der Waals surface area (Å²) in [5.41, 5.74) is 9.38. The highest BCUT2D eigenvalue weighted by Crippen LogP contribution is 2.29. The summed E-state index contributed by atoms with van der Waals surface area (Å²) in [5.74, 6) is 0.0176. The summed E-state index contributed by atoms with van der Waals surface area (Å²) in [6.07, 6.45) is 4.50. The van der Waals surface area contributed by atoms with Gasteiger partial charge in [0.2, 0.25) is 11.8 Å². The SMILES string of the molecule is C[C@@H](N)c1cccc(OCCCCCOCCCOCCNc2ccc3c(c2)CN(C2CCC(=O)NC2=O)C3=O)c1. The Kier molecular flexibility index (Phi) is 11.5. The molecule has 0 aromatic heterocycles. The van der Waals surface area contributed by atoms with Gasteiger partial charge in [-0.1, -0.05) is 12.1 Å². The van der Waals surface area contributed by atoms with E-state index in [-0.39, 0.29) is 24.3 Å². The number of hydrogen-bond donors (Lipinski definition) is 3. The van der Waals surface area contributed by atoms with Gasteiger partial charge < -0.3 is 30.2 Å². The molecule has 10 heteroatoms. The average Bonchev–Trinajstić information content (AvgIpc) is 3.28. The predicted octanol–water partition coefficient (Wildman–Crippen LogP) is 3.55. The molecule has 0 saturated carbocycles. The number of rotatable bonds is 17. The van der Waals surface area contributed by atoms with Crippen molar-refractivity contribution in [2.45, 2.75) is 64.1 Å². The smallest absolute Gasteiger partial charge is 0.255 e. The number of nitrogens with zero attached hydrogens (tertiary/aromatic N) is 1. The monoisotopic (exact) mass is 566 g/mol. The third kappa shape index (κ3) is 9.01. The Hall–Kier alpha value is -3.47. The van der Waals surface area contributed by atoms with Gasteiger partial charge in [-0.3, -0.25) is 19.7 Å². The highest BCUT2D eigenvalue weighted by Gasteiger charge is 2.39. The number of hydrogen-bond acceptors (Lipinski definition) is 8. The molecule has 2 heterocycles. The molecule has 1 saturated heterocycles. The first-order valence-corrected chi connectivity index (χ1v) is 14.6. The fourth-order valence-corrected chi connectivity index (χ4v) is 4.98. The van der Waals surface area contributed by atoms with Crippen molar-refractivity contribution in [1.29, 1.82) is 0 Å². The van der Waals surface area contributed by atoms with E-state index in [0.29, 0.717) is 51.5 Å². The van der Waals surface area contributed by atoms with E-state index in [4.69, 9.17) is 19.9 Å². The number of ether oxygens (including phenoxy) is 3. The molecule has 4 rings (SSSR count). The van der Waals surface area contributed by atoms with Gasteiger partial charge in [0.15, 0.2) is 0 Å². The lowest BCUT2D eigenvalue weighted by Crippen LogP contribution is -2.52. The number of piperidine rings is 1. The molecule has 3 amide bonds. The van der Waals surface area contributed by atoms with Crippen molar-refractivity contribution in [3.8, 4) is 5.75 Å². The number of carbonyl (C=O) groups excluding carboxylic acids is 3. The molecule has 0 bridgehead atoms. The minimum Gasteiger partial charge on any atom is -0.494 e. The summed E-state index contributed by atoms with van der Waals surface area (Å²) < 4.78 is 17.2. The summed E-state index contributed by atoms with van der Waals surface area (Å²) in [7, 11) is 0. The molecule has 1 fully saturated rings. The third-order valence-corrected chi connectivity index (χ3v) is 7.26. The van der Waals surface area contributed by atoms with Crippen LogP contribution in [-0.4, -0.2) is 68.2 Å². The zero-order valence-corrected chi connectivity index (χ0v) is 23.9. The number of unbranched alkanes of at least 4 members (excludes halogenated alkanes) is 2. The van der Waals surface area contributed by atoms with Gasteiger partial charge in [-0.15, -0.1) is 0 Å². The minimum absolute atomic E-state index is 0.00484. The highest BCUT2D eigenvalue weighted by atomic mass is 16.5. The van der Waals surface area contributed by atoms with Gasteiger partial charge in [-0.25, -0.2) is 0 Å². The molecular formula is C31H42N4O6. The zero-order valence-electron chi connectivity index (χ0n) is 23.9. The first kappa shape index (κ1) is 30.5. The highest BCUT2D eigenvalue weighted by molar-refractivity contribution is 6.05. The van der Waals surface area contributed by atoms with Crippen LogP contribution in [0.25, 0.3) is 0 Å². The maximum atomic E-state index is 12.8. The largest absolute Gasteiger partial charge is 0.494 e. The fraction of sp³-hybridized carbons (Fsp3) is 0.516. The molecular weight excluding hydrogens is 524 g/mol. The fourth-order valence-electron chi connectivity index (χ4n) is 4.98. The molecule has 0 aliphatic carbocycles. The maximum absolute atomic E-state index is 12.8. The summed E-state index contributed by atoms with van der Waals surface area (Å²) in [6.45, 7) is 6.27. The van der Waals surface area contributed by atoms with Crippen molar-refractivity contribution in [2.75, 3.05) is 44.9 Å². The lowest BCUT2D eigenvalue weighted by atomic mass is 10.0. The van der Waals surface area contributed by atoms with Crippen LogP contribution in [-0.2, 0) is 25.6 Å². The van der Waals surface area contributed by atoms with Crippen LogP contribution in [0.4, 0.5) is 5.69 Å². The Morgan fingerprint density at radius 3 is 2.56 bits per heavy atom. The second-order valence-electron chi connectivity index (χ2n) is 10.5. The van der Waals surface area contributed by atoms with E-state index in [0.717, 1.165) is 54.9 Å². The lowest BCUT2D eigenvalue weighted by Gasteiger charge is -2.29.